The summed E-state index contributed by atoms with van der Waals surface area (Å²) >= 11 is 0. The van der Waals surface area contributed by atoms with Gasteiger partial charge < -0.3 is 5.73 Å². The normalized spacial score (nSPS) is 34.0. The maximum atomic E-state index is 5.49. The second-order valence-electron chi connectivity index (χ2n) is 2.57. The molecule has 0 radical (unpaired) electrons. The topological polar surface area (TPSA) is 50.1 Å². The van der Waals surface area contributed by atoms with Crippen molar-refractivity contribution in [2.75, 3.05) is 13.6 Å². The van der Waals surface area contributed by atoms with Gasteiger partial charge >= 0.3 is 0 Å². The van der Waals surface area contributed by atoms with Crippen LogP contribution in [0.3, 0.4) is 0 Å². The van der Waals surface area contributed by atoms with Crippen molar-refractivity contribution in [1.29, 1.82) is 0 Å². The maximum Gasteiger partial charge on any atom is 0.0253 e. The average Bonchev–Trinajstić information content (AvgIpc) is 1.82. The Labute approximate surface area is 56.0 Å². The third-order valence-corrected chi connectivity index (χ3v) is 2.05. The van der Waals surface area contributed by atoms with Crippen molar-refractivity contribution >= 4 is 0 Å². The molecule has 0 amide bonds. The molecule has 1 fully saturated rings. The molecular weight excluding hydrogens is 114 g/mol. The number of hydrogen-bond donors (Lipinski definition) is 3. The molecule has 0 aromatic carbocycles. The monoisotopic (exact) mass is 129 g/mol. The molecule has 1 saturated carbocycles. The van der Waals surface area contributed by atoms with Crippen LogP contribution >= 0.6 is 0 Å². The Hall–Kier alpha value is -0.120. The molecule has 0 aromatic rings. The zero-order valence-electron chi connectivity index (χ0n) is 5.85. The maximum absolute atomic E-state index is 5.49. The molecule has 0 heterocycles. The fourth-order valence-electron chi connectivity index (χ4n) is 1.23. The van der Waals surface area contributed by atoms with Gasteiger partial charge in [-0.15, -0.1) is 0 Å². The van der Waals surface area contributed by atoms with E-state index in [-0.39, 0.29) is 0 Å². The van der Waals surface area contributed by atoms with Crippen LogP contribution in [0, 0.1) is 5.92 Å². The van der Waals surface area contributed by atoms with E-state index < -0.39 is 0 Å². The van der Waals surface area contributed by atoms with Gasteiger partial charge in [-0.05, 0) is 32.4 Å². The minimum Gasteiger partial charge on any atom is -0.330 e. The molecule has 0 spiro atoms. The first kappa shape index (κ1) is 6.99. The smallest absolute Gasteiger partial charge is 0.0253 e. The van der Waals surface area contributed by atoms with E-state index in [0.717, 1.165) is 6.54 Å². The van der Waals surface area contributed by atoms with Gasteiger partial charge in [0.1, 0.15) is 0 Å². The van der Waals surface area contributed by atoms with Crippen LogP contribution in [0.1, 0.15) is 12.8 Å². The van der Waals surface area contributed by atoms with E-state index in [1.165, 1.54) is 12.8 Å². The highest BCUT2D eigenvalue weighted by Crippen LogP contribution is 2.25. The van der Waals surface area contributed by atoms with Gasteiger partial charge in [-0.3, -0.25) is 10.9 Å². The number of rotatable bonds is 3. The summed E-state index contributed by atoms with van der Waals surface area (Å²) < 4.78 is 0. The summed E-state index contributed by atoms with van der Waals surface area (Å²) in [6.07, 6.45) is 2.55. The Morgan fingerprint density at radius 3 is 2.67 bits per heavy atom. The lowest BCUT2D eigenvalue weighted by molar-refractivity contribution is 0.201. The van der Waals surface area contributed by atoms with Crippen LogP contribution in [0.25, 0.3) is 0 Å². The quantitative estimate of drug-likeness (QED) is 0.448. The Kier molecular flexibility index (Phi) is 2.45. The van der Waals surface area contributed by atoms with Gasteiger partial charge in [0.2, 0.25) is 0 Å². The molecule has 0 aliphatic heterocycles. The van der Waals surface area contributed by atoms with Gasteiger partial charge in [0.25, 0.3) is 0 Å². The summed E-state index contributed by atoms with van der Waals surface area (Å²) in [4.78, 5) is 0. The van der Waals surface area contributed by atoms with Gasteiger partial charge in [0.15, 0.2) is 0 Å². The highest BCUT2D eigenvalue weighted by Gasteiger charge is 2.28. The Bertz CT molecular complexity index is 82.4. The average molecular weight is 129 g/mol. The minimum absolute atomic E-state index is 0.625. The van der Waals surface area contributed by atoms with E-state index >= 15 is 0 Å². The third kappa shape index (κ3) is 1.41. The van der Waals surface area contributed by atoms with Crippen LogP contribution in [-0.2, 0) is 0 Å². The summed E-state index contributed by atoms with van der Waals surface area (Å²) in [6.45, 7) is 0.819. The summed E-state index contributed by atoms with van der Waals surface area (Å²) in [5.41, 5.74) is 11.6. The molecule has 4 N–H and O–H groups in total. The first-order valence-corrected chi connectivity index (χ1v) is 3.51. The molecular formula is C6H15N3. The fourth-order valence-corrected chi connectivity index (χ4v) is 1.23. The SMILES string of the molecule is CNNC1CCC1CN. The van der Waals surface area contributed by atoms with E-state index in [1.54, 1.807) is 0 Å². The van der Waals surface area contributed by atoms with Crippen LogP contribution in [-0.4, -0.2) is 19.6 Å². The van der Waals surface area contributed by atoms with Crippen molar-refractivity contribution in [1.82, 2.24) is 10.9 Å². The zero-order chi connectivity index (χ0) is 6.69. The van der Waals surface area contributed by atoms with Crippen LogP contribution in [0.15, 0.2) is 0 Å². The van der Waals surface area contributed by atoms with E-state index in [9.17, 15) is 0 Å². The van der Waals surface area contributed by atoms with Gasteiger partial charge in [0, 0.05) is 6.04 Å². The molecule has 0 aromatic heterocycles. The number of nitrogens with two attached hydrogens (primary N) is 1. The highest BCUT2D eigenvalue weighted by molar-refractivity contribution is 4.85. The van der Waals surface area contributed by atoms with E-state index in [2.05, 4.69) is 10.9 Å². The van der Waals surface area contributed by atoms with E-state index in [0.29, 0.717) is 12.0 Å². The van der Waals surface area contributed by atoms with Gasteiger partial charge in [-0.2, -0.15) is 0 Å². The molecule has 1 aliphatic rings. The van der Waals surface area contributed by atoms with E-state index in [1.807, 2.05) is 7.05 Å². The van der Waals surface area contributed by atoms with Gasteiger partial charge in [-0.1, -0.05) is 0 Å². The van der Waals surface area contributed by atoms with Crippen molar-refractivity contribution in [2.24, 2.45) is 11.7 Å². The Balaban J connectivity index is 2.11. The van der Waals surface area contributed by atoms with Crippen LogP contribution in [0.4, 0.5) is 0 Å². The Morgan fingerprint density at radius 2 is 2.33 bits per heavy atom. The molecule has 54 valence electrons. The van der Waals surface area contributed by atoms with Crippen molar-refractivity contribution in [2.45, 2.75) is 18.9 Å². The zero-order valence-corrected chi connectivity index (χ0v) is 5.85. The lowest BCUT2D eigenvalue weighted by Gasteiger charge is -2.35. The predicted molar refractivity (Wildman–Crippen MR) is 37.8 cm³/mol. The molecule has 3 nitrogen and oxygen atoms in total. The lowest BCUT2D eigenvalue weighted by atomic mass is 9.80. The number of nitrogens with one attached hydrogen (secondary N) is 2. The van der Waals surface area contributed by atoms with Gasteiger partial charge in [0.05, 0.1) is 0 Å². The first-order chi connectivity index (χ1) is 4.38. The largest absolute Gasteiger partial charge is 0.330 e. The highest BCUT2D eigenvalue weighted by atomic mass is 15.4. The third-order valence-electron chi connectivity index (χ3n) is 2.05. The van der Waals surface area contributed by atoms with Gasteiger partial charge in [-0.25, -0.2) is 0 Å². The first-order valence-electron chi connectivity index (χ1n) is 3.51. The van der Waals surface area contributed by atoms with Crippen molar-refractivity contribution < 1.29 is 0 Å². The second-order valence-corrected chi connectivity index (χ2v) is 2.57. The molecule has 2 unspecified atom stereocenters. The molecule has 2 atom stereocenters. The van der Waals surface area contributed by atoms with Crippen LogP contribution < -0.4 is 16.6 Å². The molecule has 3 heteroatoms. The lowest BCUT2D eigenvalue weighted by Crippen LogP contribution is -2.51. The molecule has 1 aliphatic carbocycles. The van der Waals surface area contributed by atoms with Crippen molar-refractivity contribution in [3.05, 3.63) is 0 Å². The molecule has 0 saturated heterocycles. The number of hydrogen-bond acceptors (Lipinski definition) is 3. The summed E-state index contributed by atoms with van der Waals surface area (Å²) in [6, 6.07) is 0.625. The summed E-state index contributed by atoms with van der Waals surface area (Å²) in [5.74, 6) is 0.706. The fraction of sp³-hybridized carbons (Fsp3) is 1.00. The molecule has 9 heavy (non-hydrogen) atoms. The van der Waals surface area contributed by atoms with Crippen LogP contribution in [0.2, 0.25) is 0 Å². The van der Waals surface area contributed by atoms with E-state index in [4.69, 9.17) is 5.73 Å². The summed E-state index contributed by atoms with van der Waals surface area (Å²) in [5, 5.41) is 0. The Morgan fingerprint density at radius 1 is 1.56 bits per heavy atom. The van der Waals surface area contributed by atoms with Crippen LogP contribution in [0.5, 0.6) is 0 Å². The van der Waals surface area contributed by atoms with Crippen molar-refractivity contribution in [3.8, 4) is 0 Å². The molecule has 0 bridgehead atoms. The minimum atomic E-state index is 0.625. The predicted octanol–water partition coefficient (Wildman–Crippen LogP) is -0.552. The summed E-state index contributed by atoms with van der Waals surface area (Å²) in [7, 11) is 1.89. The second kappa shape index (κ2) is 3.15. The van der Waals surface area contributed by atoms with Crippen molar-refractivity contribution in [3.63, 3.8) is 0 Å². The standard InChI is InChI=1S/C6H15N3/c1-8-9-6-3-2-5(6)4-7/h5-6,8-9H,2-4,7H2,1H3. The number of hydrazine groups is 1. The molecule has 1 rings (SSSR count).